The van der Waals surface area contributed by atoms with Crippen molar-refractivity contribution in [1.29, 1.82) is 0 Å². The van der Waals surface area contributed by atoms with Crippen molar-refractivity contribution in [1.82, 2.24) is 15.1 Å². The number of para-hydroxylation sites is 1. The molecule has 2 N–H and O–H groups in total. The SMILES string of the molecule is CSc1cccc(NC(=O)N2CCC(c3nnc(C(=O)Nc4ccccc4)s3)CC2)c1. The number of hydrogen-bond donors (Lipinski definition) is 2. The van der Waals surface area contributed by atoms with E-state index in [4.69, 9.17) is 0 Å². The lowest BCUT2D eigenvalue weighted by Crippen LogP contribution is -2.40. The Balaban J connectivity index is 1.30. The van der Waals surface area contributed by atoms with E-state index >= 15 is 0 Å². The molecule has 31 heavy (non-hydrogen) atoms. The third kappa shape index (κ3) is 5.42. The molecule has 1 fully saturated rings. The number of anilines is 2. The first-order valence-corrected chi connectivity index (χ1v) is 12.1. The van der Waals surface area contributed by atoms with Gasteiger partial charge in [0, 0.05) is 35.3 Å². The molecule has 2 heterocycles. The Morgan fingerprint density at radius 1 is 1.00 bits per heavy atom. The van der Waals surface area contributed by atoms with E-state index in [0.717, 1.165) is 34.1 Å². The average molecular weight is 454 g/mol. The summed E-state index contributed by atoms with van der Waals surface area (Å²) in [5.41, 5.74) is 1.53. The Bertz CT molecular complexity index is 1050. The summed E-state index contributed by atoms with van der Waals surface area (Å²) in [5.74, 6) is -0.0427. The molecule has 1 aliphatic heterocycles. The second kappa shape index (κ2) is 9.93. The number of rotatable bonds is 5. The van der Waals surface area contributed by atoms with Crippen LogP contribution >= 0.6 is 23.1 Å². The van der Waals surface area contributed by atoms with Gasteiger partial charge >= 0.3 is 6.03 Å². The number of amides is 3. The molecule has 160 valence electrons. The first-order valence-electron chi connectivity index (χ1n) is 10.0. The van der Waals surface area contributed by atoms with E-state index < -0.39 is 0 Å². The largest absolute Gasteiger partial charge is 0.324 e. The number of thioether (sulfide) groups is 1. The maximum absolute atomic E-state index is 12.6. The molecule has 1 aliphatic rings. The zero-order chi connectivity index (χ0) is 21.6. The van der Waals surface area contributed by atoms with Crippen LogP contribution in [0.25, 0.3) is 0 Å². The van der Waals surface area contributed by atoms with Crippen molar-refractivity contribution in [2.75, 3.05) is 30.0 Å². The minimum absolute atomic E-state index is 0.0862. The lowest BCUT2D eigenvalue weighted by Gasteiger charge is -2.31. The Labute approximate surface area is 189 Å². The summed E-state index contributed by atoms with van der Waals surface area (Å²) in [6.45, 7) is 1.29. The normalized spacial score (nSPS) is 14.3. The van der Waals surface area contributed by atoms with Gasteiger partial charge < -0.3 is 15.5 Å². The molecule has 0 bridgehead atoms. The van der Waals surface area contributed by atoms with E-state index in [1.54, 1.807) is 11.8 Å². The molecule has 7 nitrogen and oxygen atoms in total. The lowest BCUT2D eigenvalue weighted by atomic mass is 9.98. The van der Waals surface area contributed by atoms with Crippen LogP contribution in [0.3, 0.4) is 0 Å². The van der Waals surface area contributed by atoms with Crippen LogP contribution in [0, 0.1) is 0 Å². The molecule has 0 atom stereocenters. The zero-order valence-electron chi connectivity index (χ0n) is 17.1. The van der Waals surface area contributed by atoms with Crippen LogP contribution in [0.1, 0.15) is 33.6 Å². The minimum atomic E-state index is -0.251. The predicted octanol–water partition coefficient (Wildman–Crippen LogP) is 4.92. The first-order chi connectivity index (χ1) is 15.1. The Hall–Kier alpha value is -2.91. The molecule has 1 saturated heterocycles. The predicted molar refractivity (Wildman–Crippen MR) is 125 cm³/mol. The summed E-state index contributed by atoms with van der Waals surface area (Å²) in [5, 5.41) is 15.3. The Morgan fingerprint density at radius 2 is 1.74 bits per heavy atom. The molecule has 4 rings (SSSR count). The highest BCUT2D eigenvalue weighted by Crippen LogP contribution is 2.30. The molecule has 1 aromatic heterocycles. The fraction of sp³-hybridized carbons (Fsp3) is 0.273. The van der Waals surface area contributed by atoms with Gasteiger partial charge in [0.1, 0.15) is 5.01 Å². The van der Waals surface area contributed by atoms with E-state index in [1.807, 2.05) is 65.8 Å². The topological polar surface area (TPSA) is 87.2 Å². The fourth-order valence-corrected chi connectivity index (χ4v) is 4.80. The third-order valence-corrected chi connectivity index (χ3v) is 6.93. The molecule has 2 aromatic carbocycles. The Kier molecular flexibility index (Phi) is 6.83. The Morgan fingerprint density at radius 3 is 2.48 bits per heavy atom. The maximum atomic E-state index is 12.6. The highest BCUT2D eigenvalue weighted by atomic mass is 32.2. The van der Waals surface area contributed by atoms with E-state index in [9.17, 15) is 9.59 Å². The first kappa shape index (κ1) is 21.3. The number of carbonyl (C=O) groups excluding carboxylic acids is 2. The van der Waals surface area contributed by atoms with Crippen molar-refractivity contribution in [3.05, 3.63) is 64.6 Å². The van der Waals surface area contributed by atoms with Crippen molar-refractivity contribution in [2.45, 2.75) is 23.7 Å². The van der Waals surface area contributed by atoms with Gasteiger partial charge in [-0.3, -0.25) is 4.79 Å². The fourth-order valence-electron chi connectivity index (χ4n) is 3.43. The quantitative estimate of drug-likeness (QED) is 0.535. The highest BCUT2D eigenvalue weighted by molar-refractivity contribution is 7.98. The molecule has 3 amide bonds. The standard InChI is InChI=1S/C22H23N5O2S2/c1-30-18-9-5-8-17(14-18)24-22(29)27-12-10-15(11-13-27)20-25-26-21(31-20)19(28)23-16-6-3-2-4-7-16/h2-9,14-15H,10-13H2,1H3,(H,23,28)(H,24,29). The molecule has 3 aromatic rings. The minimum Gasteiger partial charge on any atom is -0.324 e. The summed E-state index contributed by atoms with van der Waals surface area (Å²) in [6, 6.07) is 17.0. The van der Waals surface area contributed by atoms with E-state index in [0.29, 0.717) is 18.1 Å². The van der Waals surface area contributed by atoms with Crippen LogP contribution in [0.15, 0.2) is 59.5 Å². The molecule has 0 radical (unpaired) electrons. The van der Waals surface area contributed by atoms with Crippen LogP contribution < -0.4 is 10.6 Å². The highest BCUT2D eigenvalue weighted by Gasteiger charge is 2.27. The van der Waals surface area contributed by atoms with Crippen molar-refractivity contribution in [2.24, 2.45) is 0 Å². The summed E-state index contributed by atoms with van der Waals surface area (Å²) < 4.78 is 0. The molecule has 0 aliphatic carbocycles. The van der Waals surface area contributed by atoms with Crippen molar-refractivity contribution in [3.8, 4) is 0 Å². The van der Waals surface area contributed by atoms with Gasteiger partial charge in [-0.15, -0.1) is 22.0 Å². The number of benzene rings is 2. The van der Waals surface area contributed by atoms with Gasteiger partial charge in [-0.25, -0.2) is 4.79 Å². The van der Waals surface area contributed by atoms with Gasteiger partial charge in [0.2, 0.25) is 5.01 Å². The summed E-state index contributed by atoms with van der Waals surface area (Å²) >= 11 is 2.97. The van der Waals surface area contributed by atoms with Crippen LogP contribution in [0.5, 0.6) is 0 Å². The van der Waals surface area contributed by atoms with Gasteiger partial charge in [-0.2, -0.15) is 0 Å². The van der Waals surface area contributed by atoms with Crippen molar-refractivity contribution in [3.63, 3.8) is 0 Å². The summed E-state index contributed by atoms with van der Waals surface area (Å²) in [6.07, 6.45) is 3.61. The lowest BCUT2D eigenvalue weighted by molar-refractivity contribution is 0.102. The van der Waals surface area contributed by atoms with Crippen LogP contribution in [-0.2, 0) is 0 Å². The monoisotopic (exact) mass is 453 g/mol. The van der Waals surface area contributed by atoms with E-state index in [2.05, 4.69) is 20.8 Å². The van der Waals surface area contributed by atoms with Crippen LogP contribution in [-0.4, -0.2) is 46.4 Å². The maximum Gasteiger partial charge on any atom is 0.321 e. The van der Waals surface area contributed by atoms with Crippen LogP contribution in [0.2, 0.25) is 0 Å². The van der Waals surface area contributed by atoms with Crippen molar-refractivity contribution >= 4 is 46.4 Å². The number of nitrogens with one attached hydrogen (secondary N) is 2. The number of carbonyl (C=O) groups is 2. The van der Waals surface area contributed by atoms with Gasteiger partial charge in [-0.1, -0.05) is 35.6 Å². The van der Waals surface area contributed by atoms with Gasteiger partial charge in [0.05, 0.1) is 0 Å². The van der Waals surface area contributed by atoms with Crippen LogP contribution in [0.4, 0.5) is 16.2 Å². The second-order valence-corrected chi connectivity index (χ2v) is 9.08. The number of nitrogens with zero attached hydrogens (tertiary/aromatic N) is 3. The molecule has 0 unspecified atom stereocenters. The van der Waals surface area contributed by atoms with Crippen molar-refractivity contribution < 1.29 is 9.59 Å². The van der Waals surface area contributed by atoms with Gasteiger partial charge in [-0.05, 0) is 49.4 Å². The van der Waals surface area contributed by atoms with E-state index in [1.165, 1.54) is 11.3 Å². The third-order valence-electron chi connectivity index (χ3n) is 5.12. The number of aromatic nitrogens is 2. The summed E-state index contributed by atoms with van der Waals surface area (Å²) in [4.78, 5) is 27.9. The average Bonchev–Trinajstić information content (AvgIpc) is 3.30. The molecular formula is C22H23N5O2S2. The smallest absolute Gasteiger partial charge is 0.321 e. The molecular weight excluding hydrogens is 430 g/mol. The molecule has 9 heteroatoms. The van der Waals surface area contributed by atoms with Gasteiger partial charge in [0.15, 0.2) is 0 Å². The number of likely N-dealkylation sites (tertiary alicyclic amines) is 1. The number of hydrogen-bond acceptors (Lipinski definition) is 6. The van der Waals surface area contributed by atoms with Gasteiger partial charge in [0.25, 0.3) is 5.91 Å². The summed E-state index contributed by atoms with van der Waals surface area (Å²) in [7, 11) is 0. The number of urea groups is 1. The molecule has 0 saturated carbocycles. The van der Waals surface area contributed by atoms with E-state index in [-0.39, 0.29) is 17.9 Å². The molecule has 0 spiro atoms. The second-order valence-electron chi connectivity index (χ2n) is 7.19. The zero-order valence-corrected chi connectivity index (χ0v) is 18.7. The number of piperidine rings is 1.